The molecule has 1 N–H and O–H groups in total. The lowest BCUT2D eigenvalue weighted by molar-refractivity contribution is -0.385. The van der Waals surface area contributed by atoms with Crippen LogP contribution in [0.1, 0.15) is 38.7 Å². The Balaban J connectivity index is 2.01. The number of nitro benzene ring substituents is 1. The van der Waals surface area contributed by atoms with Crippen LogP contribution in [0.4, 0.5) is 5.69 Å². The lowest BCUT2D eigenvalue weighted by Gasteiger charge is -2.30. The number of nitrogens with zero attached hydrogens (tertiary/aromatic N) is 2. The van der Waals surface area contributed by atoms with Crippen LogP contribution in [0.25, 0.3) is 0 Å². The number of aliphatic imine (C=N–C) groups is 1. The second-order valence-corrected chi connectivity index (χ2v) is 8.13. The quantitative estimate of drug-likeness (QED) is 0.661. The molecule has 124 valence electrons. The molecule has 2 aliphatic rings. The third-order valence-corrected chi connectivity index (χ3v) is 6.04. The highest BCUT2D eigenvalue weighted by molar-refractivity contribution is 7.90. The molecule has 8 heteroatoms. The monoisotopic (exact) mass is 337 g/mol. The first-order chi connectivity index (χ1) is 10.8. The van der Waals surface area contributed by atoms with Crippen molar-refractivity contribution in [2.75, 3.05) is 0 Å². The van der Waals surface area contributed by atoms with Gasteiger partial charge in [-0.15, -0.1) is 0 Å². The SMILES string of the molecule is C[C@@H]1CC[C@H](C)[C@@H](N=C2NS(=O)(=O)c3cc([N+](=O)[O-])ccc32)C1. The number of fused-ring (bicyclic) bond motifs is 1. The van der Waals surface area contributed by atoms with Gasteiger partial charge in [0.1, 0.15) is 10.7 Å². The zero-order chi connectivity index (χ0) is 16.8. The molecule has 1 fully saturated rings. The predicted octanol–water partition coefficient (Wildman–Crippen LogP) is 2.46. The highest BCUT2D eigenvalue weighted by Crippen LogP contribution is 2.33. The lowest BCUT2D eigenvalue weighted by Crippen LogP contribution is -2.29. The van der Waals surface area contributed by atoms with Gasteiger partial charge in [-0.3, -0.25) is 19.8 Å². The van der Waals surface area contributed by atoms with E-state index in [1.54, 1.807) is 0 Å². The van der Waals surface area contributed by atoms with E-state index in [1.807, 2.05) is 0 Å². The van der Waals surface area contributed by atoms with Crippen molar-refractivity contribution in [1.29, 1.82) is 0 Å². The van der Waals surface area contributed by atoms with Gasteiger partial charge in [-0.25, -0.2) is 8.42 Å². The lowest BCUT2D eigenvalue weighted by atomic mass is 9.80. The van der Waals surface area contributed by atoms with Crippen LogP contribution in [-0.2, 0) is 10.0 Å². The summed E-state index contributed by atoms with van der Waals surface area (Å²) in [5.74, 6) is 1.26. The molecule has 0 bridgehead atoms. The van der Waals surface area contributed by atoms with Crippen molar-refractivity contribution in [2.45, 2.75) is 44.0 Å². The molecule has 1 saturated carbocycles. The Morgan fingerprint density at radius 1 is 1.30 bits per heavy atom. The van der Waals surface area contributed by atoms with Gasteiger partial charge in [0, 0.05) is 17.7 Å². The fourth-order valence-electron chi connectivity index (χ4n) is 3.22. The Labute approximate surface area is 135 Å². The van der Waals surface area contributed by atoms with Gasteiger partial charge in [-0.2, -0.15) is 0 Å². The first-order valence-corrected chi connectivity index (χ1v) is 9.15. The molecule has 0 spiro atoms. The molecule has 1 aromatic rings. The number of hydrogen-bond donors (Lipinski definition) is 1. The minimum absolute atomic E-state index is 0.0672. The average Bonchev–Trinajstić information content (AvgIpc) is 2.73. The van der Waals surface area contributed by atoms with Crippen LogP contribution in [0.2, 0.25) is 0 Å². The number of amidine groups is 1. The van der Waals surface area contributed by atoms with Crippen molar-refractivity contribution in [2.24, 2.45) is 16.8 Å². The molecule has 0 radical (unpaired) electrons. The summed E-state index contributed by atoms with van der Waals surface area (Å²) >= 11 is 0. The summed E-state index contributed by atoms with van der Waals surface area (Å²) < 4.78 is 26.9. The Bertz CT molecular complexity index is 788. The van der Waals surface area contributed by atoms with E-state index in [1.165, 1.54) is 12.1 Å². The van der Waals surface area contributed by atoms with Gasteiger partial charge in [0.2, 0.25) is 0 Å². The van der Waals surface area contributed by atoms with E-state index in [2.05, 4.69) is 23.6 Å². The molecule has 0 aromatic heterocycles. The zero-order valence-corrected chi connectivity index (χ0v) is 13.8. The molecule has 3 atom stereocenters. The van der Waals surface area contributed by atoms with Crippen LogP contribution in [0.3, 0.4) is 0 Å². The molecule has 0 saturated heterocycles. The molecule has 1 heterocycles. The minimum atomic E-state index is -3.78. The Kier molecular flexibility index (Phi) is 3.87. The smallest absolute Gasteiger partial charge is 0.264 e. The fraction of sp³-hybridized carbons (Fsp3) is 0.533. The molecule has 0 amide bonds. The topological polar surface area (TPSA) is 102 Å². The van der Waals surface area contributed by atoms with Gasteiger partial charge in [-0.05, 0) is 30.7 Å². The maximum atomic E-state index is 12.2. The van der Waals surface area contributed by atoms with Gasteiger partial charge in [0.25, 0.3) is 15.7 Å². The molecule has 0 unspecified atom stereocenters. The molecule has 23 heavy (non-hydrogen) atoms. The summed E-state index contributed by atoms with van der Waals surface area (Å²) in [7, 11) is -3.78. The average molecular weight is 337 g/mol. The molecule has 3 rings (SSSR count). The summed E-state index contributed by atoms with van der Waals surface area (Å²) in [5.41, 5.74) is 0.177. The first-order valence-electron chi connectivity index (χ1n) is 7.67. The largest absolute Gasteiger partial charge is 0.270 e. The van der Waals surface area contributed by atoms with E-state index >= 15 is 0 Å². The van der Waals surface area contributed by atoms with Crippen molar-refractivity contribution < 1.29 is 13.3 Å². The van der Waals surface area contributed by atoms with Crippen LogP contribution >= 0.6 is 0 Å². The number of nitrogens with one attached hydrogen (secondary N) is 1. The normalized spacial score (nSPS) is 30.7. The van der Waals surface area contributed by atoms with Crippen LogP contribution in [0, 0.1) is 22.0 Å². The standard InChI is InChI=1S/C15H19N3O4S/c1-9-3-4-10(2)13(7-9)16-15-12-6-5-11(18(19)20)8-14(12)23(21,22)17-15/h5-6,8-10,13H,3-4,7H2,1-2H3,(H,16,17)/t9-,10+,13+/m1/s1. The Hall–Kier alpha value is -1.96. The highest BCUT2D eigenvalue weighted by atomic mass is 32.2. The van der Waals surface area contributed by atoms with Gasteiger partial charge in [0.05, 0.1) is 11.0 Å². The maximum Gasteiger partial charge on any atom is 0.270 e. The number of non-ortho nitro benzene ring substituents is 1. The van der Waals surface area contributed by atoms with Crippen molar-refractivity contribution >= 4 is 21.5 Å². The van der Waals surface area contributed by atoms with Crippen molar-refractivity contribution in [3.63, 3.8) is 0 Å². The molecule has 1 aliphatic heterocycles. The van der Waals surface area contributed by atoms with Gasteiger partial charge >= 0.3 is 0 Å². The van der Waals surface area contributed by atoms with Crippen molar-refractivity contribution in [3.05, 3.63) is 33.9 Å². The van der Waals surface area contributed by atoms with Crippen LogP contribution in [-0.4, -0.2) is 25.2 Å². The van der Waals surface area contributed by atoms with E-state index in [9.17, 15) is 18.5 Å². The van der Waals surface area contributed by atoms with E-state index in [0.717, 1.165) is 25.3 Å². The summed E-state index contributed by atoms with van der Waals surface area (Å²) in [6.07, 6.45) is 3.16. The van der Waals surface area contributed by atoms with Crippen molar-refractivity contribution in [1.82, 2.24) is 4.72 Å². The molecular weight excluding hydrogens is 318 g/mol. The first kappa shape index (κ1) is 15.9. The van der Waals surface area contributed by atoms with E-state index in [4.69, 9.17) is 0 Å². The summed E-state index contributed by atoms with van der Waals surface area (Å²) in [4.78, 5) is 14.8. The summed E-state index contributed by atoms with van der Waals surface area (Å²) in [5, 5.41) is 10.8. The number of benzene rings is 1. The molecule has 7 nitrogen and oxygen atoms in total. The summed E-state index contributed by atoms with van der Waals surface area (Å²) in [6, 6.07) is 3.93. The van der Waals surface area contributed by atoms with E-state index in [0.29, 0.717) is 23.2 Å². The van der Waals surface area contributed by atoms with Gasteiger partial charge < -0.3 is 0 Å². The number of sulfonamides is 1. The van der Waals surface area contributed by atoms with Crippen LogP contribution < -0.4 is 4.72 Å². The van der Waals surface area contributed by atoms with Gasteiger partial charge in [-0.1, -0.05) is 20.3 Å². The minimum Gasteiger partial charge on any atom is -0.264 e. The maximum absolute atomic E-state index is 12.2. The van der Waals surface area contributed by atoms with Crippen LogP contribution in [0.15, 0.2) is 28.1 Å². The Morgan fingerprint density at radius 2 is 2.04 bits per heavy atom. The Morgan fingerprint density at radius 3 is 2.74 bits per heavy atom. The summed E-state index contributed by atoms with van der Waals surface area (Å²) in [6.45, 7) is 4.30. The third-order valence-electron chi connectivity index (χ3n) is 4.66. The molecule has 1 aromatic carbocycles. The second kappa shape index (κ2) is 5.59. The number of rotatable bonds is 2. The molecular formula is C15H19N3O4S. The highest BCUT2D eigenvalue weighted by Gasteiger charge is 2.34. The second-order valence-electron chi connectivity index (χ2n) is 6.48. The van der Waals surface area contributed by atoms with E-state index < -0.39 is 14.9 Å². The third kappa shape index (κ3) is 2.95. The van der Waals surface area contributed by atoms with Crippen LogP contribution in [0.5, 0.6) is 0 Å². The molecule has 1 aliphatic carbocycles. The fourth-order valence-corrected chi connectivity index (χ4v) is 4.48. The number of hydrogen-bond acceptors (Lipinski definition) is 5. The number of nitro groups is 1. The van der Waals surface area contributed by atoms with Crippen molar-refractivity contribution in [3.8, 4) is 0 Å². The zero-order valence-electron chi connectivity index (χ0n) is 13.0. The van der Waals surface area contributed by atoms with Gasteiger partial charge in [0.15, 0.2) is 0 Å². The predicted molar refractivity (Wildman–Crippen MR) is 85.9 cm³/mol. The van der Waals surface area contributed by atoms with E-state index in [-0.39, 0.29) is 16.6 Å².